The monoisotopic (exact) mass is 295 g/mol. The van der Waals surface area contributed by atoms with Gasteiger partial charge in [-0.1, -0.05) is 0 Å². The van der Waals surface area contributed by atoms with E-state index in [9.17, 15) is 24.5 Å². The number of ether oxygens (including phenoxy) is 1. The molecule has 0 aliphatic heterocycles. The van der Waals surface area contributed by atoms with Gasteiger partial charge in [-0.25, -0.2) is 9.59 Å². The van der Waals surface area contributed by atoms with Crippen LogP contribution in [0.4, 0.5) is 10.5 Å². The summed E-state index contributed by atoms with van der Waals surface area (Å²) in [6.07, 6.45) is 0. The molecule has 9 heteroatoms. The predicted octanol–water partition coefficient (Wildman–Crippen LogP) is 0.597. The highest BCUT2D eigenvalue weighted by Gasteiger charge is 2.13. The summed E-state index contributed by atoms with van der Waals surface area (Å²) < 4.78 is 4.67. The summed E-state index contributed by atoms with van der Waals surface area (Å²) in [5.74, 6) is -1.60. The van der Waals surface area contributed by atoms with E-state index in [1.165, 1.54) is 12.1 Å². The van der Waals surface area contributed by atoms with Crippen LogP contribution in [0.5, 0.6) is 0 Å². The van der Waals surface area contributed by atoms with Gasteiger partial charge in [0.25, 0.3) is 11.6 Å². The molecule has 0 radical (unpaired) electrons. The normalized spacial score (nSPS) is 9.57. The van der Waals surface area contributed by atoms with Crippen molar-refractivity contribution in [1.29, 1.82) is 0 Å². The fourth-order valence-electron chi connectivity index (χ4n) is 1.30. The van der Waals surface area contributed by atoms with Crippen LogP contribution in [0.3, 0.4) is 0 Å². The van der Waals surface area contributed by atoms with Crippen molar-refractivity contribution >= 4 is 23.6 Å². The molecule has 0 aliphatic rings. The van der Waals surface area contributed by atoms with Crippen LogP contribution in [0.15, 0.2) is 24.3 Å². The molecule has 21 heavy (non-hydrogen) atoms. The lowest BCUT2D eigenvalue weighted by Gasteiger charge is -2.06. The number of carbonyl (C=O) groups excluding carboxylic acids is 3. The molecule has 0 heterocycles. The Labute approximate surface area is 119 Å². The molecule has 0 bridgehead atoms. The molecule has 0 aromatic heterocycles. The van der Waals surface area contributed by atoms with Gasteiger partial charge in [0, 0.05) is 18.7 Å². The van der Waals surface area contributed by atoms with Gasteiger partial charge in [-0.3, -0.25) is 20.2 Å². The zero-order chi connectivity index (χ0) is 15.8. The van der Waals surface area contributed by atoms with Gasteiger partial charge in [0.15, 0.2) is 6.61 Å². The second-order valence-electron chi connectivity index (χ2n) is 3.79. The lowest BCUT2D eigenvalue weighted by molar-refractivity contribution is -0.384. The van der Waals surface area contributed by atoms with Crippen LogP contribution in [-0.4, -0.2) is 36.0 Å². The SMILES string of the molecule is CCNC(=O)NC(=O)COC(=O)c1ccc([N+](=O)[O-])cc1. The molecule has 9 nitrogen and oxygen atoms in total. The van der Waals surface area contributed by atoms with Crippen LogP contribution >= 0.6 is 0 Å². The molecule has 3 amide bonds. The van der Waals surface area contributed by atoms with E-state index in [4.69, 9.17) is 0 Å². The molecule has 112 valence electrons. The number of nitrogens with one attached hydrogen (secondary N) is 2. The number of benzene rings is 1. The summed E-state index contributed by atoms with van der Waals surface area (Å²) in [6.45, 7) is 1.40. The van der Waals surface area contributed by atoms with Crippen LogP contribution in [0.25, 0.3) is 0 Å². The van der Waals surface area contributed by atoms with Crippen molar-refractivity contribution in [3.63, 3.8) is 0 Å². The van der Waals surface area contributed by atoms with Crippen LogP contribution in [0.2, 0.25) is 0 Å². The average Bonchev–Trinajstić information content (AvgIpc) is 2.45. The Morgan fingerprint density at radius 3 is 2.38 bits per heavy atom. The highest BCUT2D eigenvalue weighted by molar-refractivity contribution is 5.97. The zero-order valence-electron chi connectivity index (χ0n) is 11.1. The maximum Gasteiger partial charge on any atom is 0.338 e. The van der Waals surface area contributed by atoms with Crippen LogP contribution in [0.1, 0.15) is 17.3 Å². The van der Waals surface area contributed by atoms with Gasteiger partial charge < -0.3 is 10.1 Å². The zero-order valence-corrected chi connectivity index (χ0v) is 11.1. The Bertz CT molecular complexity index is 555. The smallest absolute Gasteiger partial charge is 0.338 e. The topological polar surface area (TPSA) is 128 Å². The molecule has 1 aromatic carbocycles. The second kappa shape index (κ2) is 7.58. The second-order valence-corrected chi connectivity index (χ2v) is 3.79. The van der Waals surface area contributed by atoms with Gasteiger partial charge in [0.1, 0.15) is 0 Å². The standard InChI is InChI=1S/C12H13N3O6/c1-2-13-12(18)14-10(16)7-21-11(17)8-3-5-9(6-4-8)15(19)20/h3-6H,2,7H2,1H3,(H2,13,14,16,18). The first-order chi connectivity index (χ1) is 9.93. The Kier molecular flexibility index (Phi) is 5.80. The molecular weight excluding hydrogens is 282 g/mol. The molecule has 0 aliphatic carbocycles. The van der Waals surface area contributed by atoms with E-state index in [2.05, 4.69) is 10.1 Å². The van der Waals surface area contributed by atoms with Gasteiger partial charge in [0.05, 0.1) is 10.5 Å². The highest BCUT2D eigenvalue weighted by Crippen LogP contribution is 2.12. The number of amides is 3. The summed E-state index contributed by atoms with van der Waals surface area (Å²) in [5, 5.41) is 14.7. The molecule has 1 aromatic rings. The average molecular weight is 295 g/mol. The first kappa shape index (κ1) is 16.1. The molecule has 0 unspecified atom stereocenters. The van der Waals surface area contributed by atoms with Crippen molar-refractivity contribution in [3.05, 3.63) is 39.9 Å². The largest absolute Gasteiger partial charge is 0.452 e. The Balaban J connectivity index is 2.48. The maximum atomic E-state index is 11.6. The number of nitrogens with zero attached hydrogens (tertiary/aromatic N) is 1. The molecule has 0 fully saturated rings. The number of hydrogen-bond acceptors (Lipinski definition) is 6. The first-order valence-electron chi connectivity index (χ1n) is 5.93. The maximum absolute atomic E-state index is 11.6. The summed E-state index contributed by atoms with van der Waals surface area (Å²) in [6, 6.07) is 4.02. The summed E-state index contributed by atoms with van der Waals surface area (Å²) in [4.78, 5) is 43.7. The van der Waals surface area contributed by atoms with E-state index in [0.717, 1.165) is 12.1 Å². The lowest BCUT2D eigenvalue weighted by Crippen LogP contribution is -2.41. The van der Waals surface area contributed by atoms with Crippen molar-refractivity contribution in [2.24, 2.45) is 0 Å². The van der Waals surface area contributed by atoms with Gasteiger partial charge in [-0.2, -0.15) is 0 Å². The Morgan fingerprint density at radius 1 is 1.24 bits per heavy atom. The molecule has 1 rings (SSSR count). The third kappa shape index (κ3) is 5.27. The number of nitro benzene ring substituents is 1. The van der Waals surface area contributed by atoms with Gasteiger partial charge in [-0.05, 0) is 19.1 Å². The molecule has 0 saturated carbocycles. The number of urea groups is 1. The minimum absolute atomic E-state index is 0.0615. The van der Waals surface area contributed by atoms with E-state index in [-0.39, 0.29) is 11.3 Å². The van der Waals surface area contributed by atoms with Gasteiger partial charge in [0.2, 0.25) is 0 Å². The first-order valence-corrected chi connectivity index (χ1v) is 5.93. The van der Waals surface area contributed by atoms with Crippen molar-refractivity contribution in [1.82, 2.24) is 10.6 Å². The van der Waals surface area contributed by atoms with Crippen molar-refractivity contribution in [3.8, 4) is 0 Å². The van der Waals surface area contributed by atoms with Gasteiger partial charge in [-0.15, -0.1) is 0 Å². The highest BCUT2D eigenvalue weighted by atomic mass is 16.6. The quantitative estimate of drug-likeness (QED) is 0.465. The minimum atomic E-state index is -0.823. The third-order valence-electron chi connectivity index (χ3n) is 2.24. The Hall–Kier alpha value is -2.97. The predicted molar refractivity (Wildman–Crippen MR) is 70.6 cm³/mol. The van der Waals surface area contributed by atoms with Crippen LogP contribution < -0.4 is 10.6 Å². The number of esters is 1. The Morgan fingerprint density at radius 2 is 1.86 bits per heavy atom. The lowest BCUT2D eigenvalue weighted by atomic mass is 10.2. The molecule has 0 spiro atoms. The van der Waals surface area contributed by atoms with Crippen LogP contribution in [0, 0.1) is 10.1 Å². The summed E-state index contributed by atoms with van der Waals surface area (Å²) in [5.41, 5.74) is -0.105. The van der Waals surface area contributed by atoms with Crippen molar-refractivity contribution < 1.29 is 24.0 Å². The molecule has 0 atom stereocenters. The van der Waals surface area contributed by atoms with E-state index in [1.807, 2.05) is 5.32 Å². The number of nitro groups is 1. The van der Waals surface area contributed by atoms with E-state index >= 15 is 0 Å². The van der Waals surface area contributed by atoms with Crippen molar-refractivity contribution in [2.75, 3.05) is 13.2 Å². The number of carbonyl (C=O) groups is 3. The van der Waals surface area contributed by atoms with E-state index < -0.39 is 29.4 Å². The molecular formula is C12H13N3O6. The van der Waals surface area contributed by atoms with Gasteiger partial charge >= 0.3 is 12.0 Å². The fraction of sp³-hybridized carbons (Fsp3) is 0.250. The van der Waals surface area contributed by atoms with Crippen LogP contribution in [-0.2, 0) is 9.53 Å². The molecule has 2 N–H and O–H groups in total. The number of imide groups is 1. The van der Waals surface area contributed by atoms with E-state index in [0.29, 0.717) is 6.54 Å². The van der Waals surface area contributed by atoms with E-state index in [1.54, 1.807) is 6.92 Å². The number of non-ortho nitro benzene ring substituents is 1. The molecule has 0 saturated heterocycles. The number of rotatable bonds is 5. The summed E-state index contributed by atoms with van der Waals surface area (Å²) in [7, 11) is 0. The number of hydrogen-bond donors (Lipinski definition) is 2. The fourth-order valence-corrected chi connectivity index (χ4v) is 1.30. The van der Waals surface area contributed by atoms with Crippen molar-refractivity contribution in [2.45, 2.75) is 6.92 Å². The minimum Gasteiger partial charge on any atom is -0.452 e. The third-order valence-corrected chi connectivity index (χ3v) is 2.24. The summed E-state index contributed by atoms with van der Waals surface area (Å²) >= 11 is 0.